The van der Waals surface area contributed by atoms with Gasteiger partial charge in [-0.05, 0) is 20.8 Å². The van der Waals surface area contributed by atoms with E-state index in [0.717, 1.165) is 26.4 Å². The second-order valence-electron chi connectivity index (χ2n) is 2.41. The molecule has 0 radical (unpaired) electrons. The summed E-state index contributed by atoms with van der Waals surface area (Å²) in [6.45, 7) is 9.31. The van der Waals surface area contributed by atoms with Gasteiger partial charge in [0, 0.05) is 13.2 Å². The zero-order chi connectivity index (χ0) is 9.94. The van der Waals surface area contributed by atoms with E-state index in [2.05, 4.69) is 0 Å². The molecule has 1 aliphatic heterocycles. The molecule has 0 aromatic heterocycles. The Kier molecular flexibility index (Phi) is 9.80. The summed E-state index contributed by atoms with van der Waals surface area (Å²) in [4.78, 5) is 0. The summed E-state index contributed by atoms with van der Waals surface area (Å²) in [5.74, 6) is 0. The van der Waals surface area contributed by atoms with Crippen LogP contribution in [-0.4, -0.2) is 39.5 Å². The molecule has 1 fully saturated rings. The molecule has 0 aliphatic carbocycles. The van der Waals surface area contributed by atoms with E-state index in [4.69, 9.17) is 18.9 Å². The van der Waals surface area contributed by atoms with Gasteiger partial charge in [-0.25, -0.2) is 0 Å². The molecule has 0 bridgehead atoms. The number of hydrogen-bond acceptors (Lipinski definition) is 4. The van der Waals surface area contributed by atoms with Crippen LogP contribution in [0.5, 0.6) is 0 Å². The molecule has 0 amide bonds. The zero-order valence-corrected chi connectivity index (χ0v) is 8.75. The lowest BCUT2D eigenvalue weighted by Crippen LogP contribution is -2.11. The lowest BCUT2D eigenvalue weighted by molar-refractivity contribution is -0.123. The molecule has 1 aliphatic rings. The van der Waals surface area contributed by atoms with Crippen LogP contribution in [0.15, 0.2) is 0 Å². The van der Waals surface area contributed by atoms with Crippen molar-refractivity contribution in [3.63, 3.8) is 0 Å². The van der Waals surface area contributed by atoms with Crippen LogP contribution < -0.4 is 0 Å². The van der Waals surface area contributed by atoms with Crippen molar-refractivity contribution in [1.29, 1.82) is 0 Å². The molecule has 1 saturated heterocycles. The SMILES string of the molecule is C1COCO1.CCOC(C)OCC. The Morgan fingerprint density at radius 2 is 1.54 bits per heavy atom. The average molecular weight is 192 g/mol. The molecule has 0 N–H and O–H groups in total. The lowest BCUT2D eigenvalue weighted by atomic mass is 10.7. The maximum absolute atomic E-state index is 5.06. The van der Waals surface area contributed by atoms with Gasteiger partial charge < -0.3 is 18.9 Å². The first-order valence-electron chi connectivity index (χ1n) is 4.70. The first kappa shape index (κ1) is 12.8. The molecule has 1 heterocycles. The van der Waals surface area contributed by atoms with Crippen LogP contribution in [0.3, 0.4) is 0 Å². The maximum atomic E-state index is 5.06. The van der Waals surface area contributed by atoms with Crippen LogP contribution in [0.25, 0.3) is 0 Å². The second-order valence-corrected chi connectivity index (χ2v) is 2.41. The predicted octanol–water partition coefficient (Wildman–Crippen LogP) is 1.40. The van der Waals surface area contributed by atoms with Gasteiger partial charge in [-0.3, -0.25) is 0 Å². The van der Waals surface area contributed by atoms with Gasteiger partial charge in [-0.2, -0.15) is 0 Å². The number of rotatable bonds is 4. The van der Waals surface area contributed by atoms with E-state index in [0.29, 0.717) is 6.79 Å². The Bertz CT molecular complexity index is 80.0. The normalized spacial score (nSPS) is 15.7. The molecule has 0 aromatic carbocycles. The van der Waals surface area contributed by atoms with Crippen LogP contribution in [-0.2, 0) is 18.9 Å². The molecule has 13 heavy (non-hydrogen) atoms. The minimum atomic E-state index is -0.0370. The monoisotopic (exact) mass is 192 g/mol. The molecular formula is C9H20O4. The number of hydrogen-bond donors (Lipinski definition) is 0. The van der Waals surface area contributed by atoms with Crippen molar-refractivity contribution in [2.75, 3.05) is 33.2 Å². The molecule has 0 atom stereocenters. The molecule has 0 aromatic rings. The van der Waals surface area contributed by atoms with E-state index in [-0.39, 0.29) is 6.29 Å². The third kappa shape index (κ3) is 9.76. The van der Waals surface area contributed by atoms with Crippen LogP contribution in [0.1, 0.15) is 20.8 Å². The van der Waals surface area contributed by atoms with Crippen molar-refractivity contribution in [3.8, 4) is 0 Å². The van der Waals surface area contributed by atoms with Crippen molar-refractivity contribution in [1.82, 2.24) is 0 Å². The summed E-state index contributed by atoms with van der Waals surface area (Å²) in [6.07, 6.45) is -0.0370. The first-order valence-corrected chi connectivity index (χ1v) is 4.70. The predicted molar refractivity (Wildman–Crippen MR) is 49.5 cm³/mol. The topological polar surface area (TPSA) is 36.9 Å². The highest BCUT2D eigenvalue weighted by Crippen LogP contribution is 1.90. The minimum Gasteiger partial charge on any atom is -0.353 e. The quantitative estimate of drug-likeness (QED) is 0.631. The molecule has 80 valence electrons. The third-order valence-corrected chi connectivity index (χ3v) is 1.34. The van der Waals surface area contributed by atoms with E-state index >= 15 is 0 Å². The summed E-state index contributed by atoms with van der Waals surface area (Å²) in [7, 11) is 0. The highest BCUT2D eigenvalue weighted by Gasteiger charge is 1.95. The van der Waals surface area contributed by atoms with E-state index in [1.807, 2.05) is 20.8 Å². The highest BCUT2D eigenvalue weighted by atomic mass is 16.7. The molecule has 0 unspecified atom stereocenters. The van der Waals surface area contributed by atoms with Crippen LogP contribution in [0.4, 0.5) is 0 Å². The highest BCUT2D eigenvalue weighted by molar-refractivity contribution is 4.29. The first-order chi connectivity index (χ1) is 6.31. The van der Waals surface area contributed by atoms with Gasteiger partial charge >= 0.3 is 0 Å². The minimum absolute atomic E-state index is 0.0370. The largest absolute Gasteiger partial charge is 0.353 e. The van der Waals surface area contributed by atoms with Gasteiger partial charge in [0.15, 0.2) is 6.29 Å². The van der Waals surface area contributed by atoms with E-state index < -0.39 is 0 Å². The van der Waals surface area contributed by atoms with Gasteiger partial charge in [-0.1, -0.05) is 0 Å². The Morgan fingerprint density at radius 3 is 1.77 bits per heavy atom. The van der Waals surface area contributed by atoms with E-state index in [1.54, 1.807) is 0 Å². The summed E-state index contributed by atoms with van der Waals surface area (Å²) >= 11 is 0. The van der Waals surface area contributed by atoms with Crippen LogP contribution in [0, 0.1) is 0 Å². The Morgan fingerprint density at radius 1 is 1.08 bits per heavy atom. The van der Waals surface area contributed by atoms with Gasteiger partial charge in [0.2, 0.25) is 0 Å². The van der Waals surface area contributed by atoms with Gasteiger partial charge in [0.25, 0.3) is 0 Å². The second kappa shape index (κ2) is 9.92. The zero-order valence-electron chi connectivity index (χ0n) is 8.75. The molecule has 0 saturated carbocycles. The van der Waals surface area contributed by atoms with E-state index in [9.17, 15) is 0 Å². The maximum Gasteiger partial charge on any atom is 0.154 e. The molecule has 0 spiro atoms. The van der Waals surface area contributed by atoms with Crippen molar-refractivity contribution >= 4 is 0 Å². The van der Waals surface area contributed by atoms with Crippen molar-refractivity contribution in [2.45, 2.75) is 27.1 Å². The van der Waals surface area contributed by atoms with Gasteiger partial charge in [0.1, 0.15) is 6.79 Å². The fourth-order valence-corrected chi connectivity index (χ4v) is 0.812. The van der Waals surface area contributed by atoms with Crippen molar-refractivity contribution in [3.05, 3.63) is 0 Å². The van der Waals surface area contributed by atoms with E-state index in [1.165, 1.54) is 0 Å². The summed E-state index contributed by atoms with van der Waals surface area (Å²) < 4.78 is 19.6. The Labute approximate surface area is 80.1 Å². The lowest BCUT2D eigenvalue weighted by Gasteiger charge is -2.09. The average Bonchev–Trinajstić information content (AvgIpc) is 2.61. The molecule has 4 heteroatoms. The van der Waals surface area contributed by atoms with Crippen LogP contribution in [0.2, 0.25) is 0 Å². The Balaban J connectivity index is 0.000000243. The standard InChI is InChI=1S/C6H14O2.C3H6O2/c1-4-7-6(3)8-5-2;1-2-5-3-4-1/h6H,4-5H2,1-3H3;1-3H2. The van der Waals surface area contributed by atoms with Crippen LogP contribution >= 0.6 is 0 Å². The van der Waals surface area contributed by atoms with Crippen molar-refractivity contribution < 1.29 is 18.9 Å². The summed E-state index contributed by atoms with van der Waals surface area (Å²) in [5.41, 5.74) is 0. The molecule has 4 nitrogen and oxygen atoms in total. The fourth-order valence-electron chi connectivity index (χ4n) is 0.812. The van der Waals surface area contributed by atoms with Crippen molar-refractivity contribution in [2.24, 2.45) is 0 Å². The fraction of sp³-hybridized carbons (Fsp3) is 1.00. The summed E-state index contributed by atoms with van der Waals surface area (Å²) in [6, 6.07) is 0. The Hall–Kier alpha value is -0.160. The smallest absolute Gasteiger partial charge is 0.154 e. The van der Waals surface area contributed by atoms with Gasteiger partial charge in [-0.15, -0.1) is 0 Å². The third-order valence-electron chi connectivity index (χ3n) is 1.34. The van der Waals surface area contributed by atoms with Gasteiger partial charge in [0.05, 0.1) is 13.2 Å². The summed E-state index contributed by atoms with van der Waals surface area (Å²) in [5, 5.41) is 0. The molecular weight excluding hydrogens is 172 g/mol. The molecule has 1 rings (SSSR count). The number of ether oxygens (including phenoxy) is 4.